The van der Waals surface area contributed by atoms with E-state index in [1.165, 1.54) is 0 Å². The quantitative estimate of drug-likeness (QED) is 0.618. The number of benzene rings is 1. The zero-order valence-corrected chi connectivity index (χ0v) is 9.14. The topological polar surface area (TPSA) is 82.3 Å². The minimum Gasteiger partial charge on any atom is -0.389 e. The molecule has 0 aliphatic carbocycles. The van der Waals surface area contributed by atoms with E-state index in [1.54, 1.807) is 6.20 Å². The number of fused-ring (bicyclic) bond motifs is 1. The van der Waals surface area contributed by atoms with E-state index < -0.39 is 12.2 Å². The molecule has 16 heavy (non-hydrogen) atoms. The molecule has 0 fully saturated rings. The van der Waals surface area contributed by atoms with Gasteiger partial charge in [-0.1, -0.05) is 12.1 Å². The summed E-state index contributed by atoms with van der Waals surface area (Å²) in [6.07, 6.45) is -0.157. The van der Waals surface area contributed by atoms with Crippen molar-refractivity contribution in [3.63, 3.8) is 0 Å². The van der Waals surface area contributed by atoms with Gasteiger partial charge in [-0.05, 0) is 18.6 Å². The summed E-state index contributed by atoms with van der Waals surface area (Å²) in [5.41, 5.74) is 8.12. The Labute approximate surface area is 93.7 Å². The van der Waals surface area contributed by atoms with Gasteiger partial charge in [0, 0.05) is 29.2 Å². The molecule has 1 aromatic carbocycles. The third kappa shape index (κ3) is 1.82. The number of hydrogen-bond acceptors (Lipinski definition) is 3. The number of aryl methyl sites for hydroxylation is 1. The molecule has 0 saturated heterocycles. The minimum absolute atomic E-state index is 0.0414. The lowest BCUT2D eigenvalue weighted by Crippen LogP contribution is -2.26. The molecule has 2 atom stereocenters. The zero-order chi connectivity index (χ0) is 11.7. The average Bonchev–Trinajstić information content (AvgIpc) is 2.69. The fourth-order valence-electron chi connectivity index (χ4n) is 1.84. The molecule has 0 aliphatic heterocycles. The lowest BCUT2D eigenvalue weighted by atomic mass is 10.0. The van der Waals surface area contributed by atoms with Gasteiger partial charge in [-0.25, -0.2) is 0 Å². The molecule has 0 radical (unpaired) electrons. The first kappa shape index (κ1) is 11.1. The van der Waals surface area contributed by atoms with Crippen molar-refractivity contribution in [1.29, 1.82) is 0 Å². The van der Waals surface area contributed by atoms with Gasteiger partial charge in [0.25, 0.3) is 0 Å². The Morgan fingerprint density at radius 1 is 1.38 bits per heavy atom. The number of aliphatic hydroxyl groups is 2. The van der Waals surface area contributed by atoms with Gasteiger partial charge >= 0.3 is 0 Å². The molecule has 0 saturated carbocycles. The molecule has 0 spiro atoms. The number of hydrogen-bond donors (Lipinski definition) is 4. The van der Waals surface area contributed by atoms with Crippen LogP contribution in [0.15, 0.2) is 24.4 Å². The SMILES string of the molecule is Cc1ccc2c(C(O)C(O)CN)c[nH]c2c1. The van der Waals surface area contributed by atoms with Crippen molar-refractivity contribution in [1.82, 2.24) is 4.98 Å². The minimum atomic E-state index is -0.943. The summed E-state index contributed by atoms with van der Waals surface area (Å²) in [7, 11) is 0. The van der Waals surface area contributed by atoms with Crippen LogP contribution in [0.4, 0.5) is 0 Å². The predicted octanol–water partition coefficient (Wildman–Crippen LogP) is 0.829. The van der Waals surface area contributed by atoms with E-state index in [-0.39, 0.29) is 6.54 Å². The Kier molecular flexibility index (Phi) is 2.96. The van der Waals surface area contributed by atoms with Gasteiger partial charge in [-0.2, -0.15) is 0 Å². The monoisotopic (exact) mass is 220 g/mol. The first-order valence-corrected chi connectivity index (χ1v) is 5.27. The summed E-state index contributed by atoms with van der Waals surface area (Å²) in [4.78, 5) is 3.08. The number of aliphatic hydroxyl groups excluding tert-OH is 2. The molecule has 5 N–H and O–H groups in total. The number of nitrogens with one attached hydrogen (secondary N) is 1. The van der Waals surface area contributed by atoms with Gasteiger partial charge in [0.15, 0.2) is 0 Å². The molecule has 2 aromatic rings. The number of H-pyrrole nitrogens is 1. The van der Waals surface area contributed by atoms with E-state index in [9.17, 15) is 10.2 Å². The molecule has 2 rings (SSSR count). The molecular weight excluding hydrogens is 204 g/mol. The standard InChI is InChI=1S/C12H16N2O2/c1-7-2-3-8-9(6-14-10(8)4-7)12(16)11(15)5-13/h2-4,6,11-12,14-16H,5,13H2,1H3. The lowest BCUT2D eigenvalue weighted by Gasteiger charge is -2.15. The van der Waals surface area contributed by atoms with Gasteiger partial charge in [0.05, 0.1) is 6.10 Å². The van der Waals surface area contributed by atoms with Crippen LogP contribution >= 0.6 is 0 Å². The summed E-state index contributed by atoms with van der Waals surface area (Å²) in [5.74, 6) is 0. The fraction of sp³-hybridized carbons (Fsp3) is 0.333. The maximum atomic E-state index is 9.90. The fourth-order valence-corrected chi connectivity index (χ4v) is 1.84. The Hall–Kier alpha value is -1.36. The normalized spacial score (nSPS) is 15.2. The van der Waals surface area contributed by atoms with Crippen molar-refractivity contribution in [2.75, 3.05) is 6.54 Å². The van der Waals surface area contributed by atoms with E-state index in [0.29, 0.717) is 5.56 Å². The van der Waals surface area contributed by atoms with E-state index in [4.69, 9.17) is 5.73 Å². The third-order valence-corrected chi connectivity index (χ3v) is 2.79. The highest BCUT2D eigenvalue weighted by atomic mass is 16.3. The Balaban J connectivity index is 2.45. The highest BCUT2D eigenvalue weighted by Gasteiger charge is 2.19. The van der Waals surface area contributed by atoms with Gasteiger partial charge < -0.3 is 20.9 Å². The molecular formula is C12H16N2O2. The summed E-state index contributed by atoms with van der Waals surface area (Å²) >= 11 is 0. The van der Waals surface area contributed by atoms with Crippen LogP contribution in [0.5, 0.6) is 0 Å². The number of aromatic nitrogens is 1. The van der Waals surface area contributed by atoms with Crippen LogP contribution in [0.25, 0.3) is 10.9 Å². The zero-order valence-electron chi connectivity index (χ0n) is 9.14. The maximum Gasteiger partial charge on any atom is 0.108 e. The van der Waals surface area contributed by atoms with Gasteiger partial charge in [0.2, 0.25) is 0 Å². The van der Waals surface area contributed by atoms with Crippen molar-refractivity contribution in [2.45, 2.75) is 19.1 Å². The number of aromatic amines is 1. The van der Waals surface area contributed by atoms with Crippen LogP contribution in [-0.4, -0.2) is 27.8 Å². The smallest absolute Gasteiger partial charge is 0.108 e. The van der Waals surface area contributed by atoms with Crippen LogP contribution in [0, 0.1) is 6.92 Å². The van der Waals surface area contributed by atoms with Crippen molar-refractivity contribution >= 4 is 10.9 Å². The Morgan fingerprint density at radius 2 is 2.12 bits per heavy atom. The molecule has 0 aliphatic rings. The molecule has 86 valence electrons. The maximum absolute atomic E-state index is 9.90. The average molecular weight is 220 g/mol. The van der Waals surface area contributed by atoms with Gasteiger partial charge in [0.1, 0.15) is 6.10 Å². The number of nitrogens with two attached hydrogens (primary N) is 1. The van der Waals surface area contributed by atoms with E-state index >= 15 is 0 Å². The molecule has 1 aromatic heterocycles. The first-order chi connectivity index (χ1) is 7.63. The summed E-state index contributed by atoms with van der Waals surface area (Å²) in [5, 5.41) is 20.3. The second-order valence-electron chi connectivity index (χ2n) is 4.04. The van der Waals surface area contributed by atoms with E-state index in [1.807, 2.05) is 25.1 Å². The molecule has 0 amide bonds. The highest BCUT2D eigenvalue weighted by molar-refractivity contribution is 5.84. The van der Waals surface area contributed by atoms with Crippen LogP contribution in [0.3, 0.4) is 0 Å². The van der Waals surface area contributed by atoms with E-state index in [2.05, 4.69) is 4.98 Å². The first-order valence-electron chi connectivity index (χ1n) is 5.27. The molecule has 4 heteroatoms. The van der Waals surface area contributed by atoms with E-state index in [0.717, 1.165) is 16.5 Å². The van der Waals surface area contributed by atoms with Crippen LogP contribution in [-0.2, 0) is 0 Å². The van der Waals surface area contributed by atoms with Crippen molar-refractivity contribution in [2.24, 2.45) is 5.73 Å². The third-order valence-electron chi connectivity index (χ3n) is 2.79. The van der Waals surface area contributed by atoms with Crippen molar-refractivity contribution < 1.29 is 10.2 Å². The van der Waals surface area contributed by atoms with Crippen LogP contribution < -0.4 is 5.73 Å². The Morgan fingerprint density at radius 3 is 2.81 bits per heavy atom. The molecule has 4 nitrogen and oxygen atoms in total. The summed E-state index contributed by atoms with van der Waals surface area (Å²) < 4.78 is 0. The van der Waals surface area contributed by atoms with Crippen molar-refractivity contribution in [3.05, 3.63) is 35.5 Å². The van der Waals surface area contributed by atoms with Crippen LogP contribution in [0.1, 0.15) is 17.2 Å². The highest BCUT2D eigenvalue weighted by Crippen LogP contribution is 2.26. The Bertz CT molecular complexity index is 493. The van der Waals surface area contributed by atoms with Crippen molar-refractivity contribution in [3.8, 4) is 0 Å². The summed E-state index contributed by atoms with van der Waals surface area (Å²) in [6.45, 7) is 2.05. The number of rotatable bonds is 3. The van der Waals surface area contributed by atoms with Gasteiger partial charge in [-0.3, -0.25) is 0 Å². The summed E-state index contributed by atoms with van der Waals surface area (Å²) in [6, 6.07) is 5.91. The molecule has 1 heterocycles. The predicted molar refractivity (Wildman–Crippen MR) is 63.1 cm³/mol. The van der Waals surface area contributed by atoms with Gasteiger partial charge in [-0.15, -0.1) is 0 Å². The lowest BCUT2D eigenvalue weighted by molar-refractivity contribution is 0.0252. The largest absolute Gasteiger partial charge is 0.389 e. The second-order valence-corrected chi connectivity index (χ2v) is 4.04. The van der Waals surface area contributed by atoms with Crippen LogP contribution in [0.2, 0.25) is 0 Å². The second kappa shape index (κ2) is 4.25. The molecule has 0 bridgehead atoms. The molecule has 2 unspecified atom stereocenters.